The van der Waals surface area contributed by atoms with Crippen LogP contribution in [0.15, 0.2) is 47.6 Å². The number of nitrogens with zero attached hydrogens (tertiary/aromatic N) is 1. The first-order chi connectivity index (χ1) is 11.0. The number of nitrogens with one attached hydrogen (secondary N) is 2. The van der Waals surface area contributed by atoms with Crippen LogP contribution in [0.1, 0.15) is 22.3 Å². The summed E-state index contributed by atoms with van der Waals surface area (Å²) < 4.78 is 0. The summed E-state index contributed by atoms with van der Waals surface area (Å²) in [4.78, 5) is 23.7. The van der Waals surface area contributed by atoms with Crippen molar-refractivity contribution in [3.05, 3.63) is 64.7 Å². The monoisotopic (exact) mass is 309 g/mol. The van der Waals surface area contributed by atoms with Crippen molar-refractivity contribution in [2.45, 2.75) is 20.8 Å². The number of hydrogen-bond acceptors (Lipinski definition) is 3. The summed E-state index contributed by atoms with van der Waals surface area (Å²) in [5.74, 6) is -1.56. The van der Waals surface area contributed by atoms with Crippen molar-refractivity contribution in [3.8, 4) is 0 Å². The van der Waals surface area contributed by atoms with Crippen LogP contribution in [0.5, 0.6) is 0 Å². The summed E-state index contributed by atoms with van der Waals surface area (Å²) in [7, 11) is 0. The minimum Gasteiger partial charge on any atom is -0.317 e. The van der Waals surface area contributed by atoms with E-state index in [9.17, 15) is 9.59 Å². The maximum atomic E-state index is 11.9. The zero-order valence-electron chi connectivity index (χ0n) is 13.4. The van der Waals surface area contributed by atoms with Crippen molar-refractivity contribution in [2.75, 3.05) is 5.32 Å². The molecule has 0 aliphatic carbocycles. The van der Waals surface area contributed by atoms with Crippen LogP contribution in [0, 0.1) is 20.8 Å². The molecule has 23 heavy (non-hydrogen) atoms. The molecule has 0 bridgehead atoms. The van der Waals surface area contributed by atoms with Crippen molar-refractivity contribution in [1.29, 1.82) is 0 Å². The summed E-state index contributed by atoms with van der Waals surface area (Å²) >= 11 is 0. The molecule has 0 aliphatic rings. The lowest BCUT2D eigenvalue weighted by Crippen LogP contribution is -2.32. The van der Waals surface area contributed by atoms with Gasteiger partial charge < -0.3 is 5.32 Å². The molecule has 0 saturated heterocycles. The number of hydrogen-bond donors (Lipinski definition) is 2. The van der Waals surface area contributed by atoms with Crippen LogP contribution in [0.2, 0.25) is 0 Å². The van der Waals surface area contributed by atoms with Crippen LogP contribution in [0.25, 0.3) is 0 Å². The Kier molecular flexibility index (Phi) is 5.25. The first-order valence-electron chi connectivity index (χ1n) is 7.25. The molecule has 0 atom stereocenters. The molecular weight excluding hydrogens is 290 g/mol. The second kappa shape index (κ2) is 7.35. The Morgan fingerprint density at radius 2 is 1.61 bits per heavy atom. The molecule has 118 valence electrons. The van der Waals surface area contributed by atoms with E-state index in [0.29, 0.717) is 5.69 Å². The molecule has 2 aromatic rings. The molecule has 0 aliphatic heterocycles. The van der Waals surface area contributed by atoms with E-state index in [1.807, 2.05) is 57.2 Å². The third-order valence-electron chi connectivity index (χ3n) is 3.62. The number of carbonyl (C=O) groups is 2. The van der Waals surface area contributed by atoms with Crippen LogP contribution in [-0.4, -0.2) is 18.0 Å². The van der Waals surface area contributed by atoms with E-state index in [1.165, 1.54) is 6.21 Å². The molecule has 2 N–H and O–H groups in total. The Hall–Kier alpha value is -2.95. The van der Waals surface area contributed by atoms with Crippen LogP contribution in [0.4, 0.5) is 5.69 Å². The zero-order valence-corrected chi connectivity index (χ0v) is 13.4. The lowest BCUT2D eigenvalue weighted by molar-refractivity contribution is -0.136. The average molecular weight is 309 g/mol. The highest BCUT2D eigenvalue weighted by Crippen LogP contribution is 2.17. The zero-order chi connectivity index (χ0) is 16.8. The van der Waals surface area contributed by atoms with Gasteiger partial charge >= 0.3 is 11.8 Å². The van der Waals surface area contributed by atoms with Gasteiger partial charge in [-0.2, -0.15) is 5.10 Å². The molecule has 2 amide bonds. The average Bonchev–Trinajstić information content (AvgIpc) is 2.53. The molecule has 0 aromatic heterocycles. The lowest BCUT2D eigenvalue weighted by Gasteiger charge is -2.09. The van der Waals surface area contributed by atoms with E-state index in [2.05, 4.69) is 15.8 Å². The highest BCUT2D eigenvalue weighted by atomic mass is 16.2. The molecular formula is C18H19N3O2. The molecule has 0 fully saturated rings. The van der Waals surface area contributed by atoms with E-state index in [-0.39, 0.29) is 0 Å². The van der Waals surface area contributed by atoms with Crippen molar-refractivity contribution in [3.63, 3.8) is 0 Å². The third-order valence-corrected chi connectivity index (χ3v) is 3.62. The Morgan fingerprint density at radius 3 is 2.35 bits per heavy atom. The van der Waals surface area contributed by atoms with Gasteiger partial charge in [0.05, 0.1) is 6.21 Å². The van der Waals surface area contributed by atoms with Gasteiger partial charge in [-0.25, -0.2) is 5.43 Å². The first kappa shape index (κ1) is 16.4. The SMILES string of the molecule is Cc1ccccc1/C=N\NC(=O)C(=O)Nc1cccc(C)c1C. The topological polar surface area (TPSA) is 70.6 Å². The molecule has 0 radical (unpaired) electrons. The first-order valence-corrected chi connectivity index (χ1v) is 7.25. The summed E-state index contributed by atoms with van der Waals surface area (Å²) in [5.41, 5.74) is 6.73. The van der Waals surface area contributed by atoms with E-state index >= 15 is 0 Å². The van der Waals surface area contributed by atoms with Gasteiger partial charge in [0.25, 0.3) is 0 Å². The number of amides is 2. The van der Waals surface area contributed by atoms with Gasteiger partial charge in [-0.05, 0) is 49.1 Å². The fourth-order valence-corrected chi connectivity index (χ4v) is 2.01. The van der Waals surface area contributed by atoms with Gasteiger partial charge in [0, 0.05) is 5.69 Å². The Bertz CT molecular complexity index is 767. The predicted molar refractivity (Wildman–Crippen MR) is 91.5 cm³/mol. The highest BCUT2D eigenvalue weighted by Gasteiger charge is 2.14. The molecule has 2 rings (SSSR count). The summed E-state index contributed by atoms with van der Waals surface area (Å²) in [6, 6.07) is 13.1. The second-order valence-corrected chi connectivity index (χ2v) is 5.26. The maximum absolute atomic E-state index is 11.9. The number of aryl methyl sites for hydroxylation is 2. The second-order valence-electron chi connectivity index (χ2n) is 5.26. The quantitative estimate of drug-likeness (QED) is 0.520. The lowest BCUT2D eigenvalue weighted by atomic mass is 10.1. The van der Waals surface area contributed by atoms with Gasteiger partial charge in [-0.3, -0.25) is 9.59 Å². The number of rotatable bonds is 3. The maximum Gasteiger partial charge on any atom is 0.329 e. The van der Waals surface area contributed by atoms with Gasteiger partial charge in [0.1, 0.15) is 0 Å². The summed E-state index contributed by atoms with van der Waals surface area (Å²) in [5, 5.41) is 6.41. The van der Waals surface area contributed by atoms with E-state index in [0.717, 1.165) is 22.3 Å². The van der Waals surface area contributed by atoms with E-state index in [4.69, 9.17) is 0 Å². The number of hydrazone groups is 1. The van der Waals surface area contributed by atoms with Gasteiger partial charge in [0.2, 0.25) is 0 Å². The van der Waals surface area contributed by atoms with Crippen molar-refractivity contribution < 1.29 is 9.59 Å². The molecule has 0 spiro atoms. The molecule has 5 nitrogen and oxygen atoms in total. The molecule has 0 unspecified atom stereocenters. The number of benzene rings is 2. The molecule has 5 heteroatoms. The number of carbonyl (C=O) groups excluding carboxylic acids is 2. The summed E-state index contributed by atoms with van der Waals surface area (Å²) in [6.45, 7) is 5.77. The smallest absolute Gasteiger partial charge is 0.317 e. The fourth-order valence-electron chi connectivity index (χ4n) is 2.01. The third kappa shape index (κ3) is 4.26. The van der Waals surface area contributed by atoms with Crippen molar-refractivity contribution in [2.24, 2.45) is 5.10 Å². The Balaban J connectivity index is 1.97. The Morgan fingerprint density at radius 1 is 0.913 bits per heavy atom. The number of anilines is 1. The highest BCUT2D eigenvalue weighted by molar-refractivity contribution is 6.39. The summed E-state index contributed by atoms with van der Waals surface area (Å²) in [6.07, 6.45) is 1.51. The van der Waals surface area contributed by atoms with Crippen LogP contribution < -0.4 is 10.7 Å². The largest absolute Gasteiger partial charge is 0.329 e. The predicted octanol–water partition coefficient (Wildman–Crippen LogP) is 2.70. The normalized spacial score (nSPS) is 10.6. The van der Waals surface area contributed by atoms with E-state index in [1.54, 1.807) is 6.07 Å². The van der Waals surface area contributed by atoms with Gasteiger partial charge in [-0.1, -0.05) is 36.4 Å². The van der Waals surface area contributed by atoms with Crippen molar-refractivity contribution in [1.82, 2.24) is 5.43 Å². The van der Waals surface area contributed by atoms with Crippen molar-refractivity contribution >= 4 is 23.7 Å². The molecule has 0 saturated carbocycles. The fraction of sp³-hybridized carbons (Fsp3) is 0.167. The van der Waals surface area contributed by atoms with Gasteiger partial charge in [-0.15, -0.1) is 0 Å². The van der Waals surface area contributed by atoms with Crippen LogP contribution in [0.3, 0.4) is 0 Å². The molecule has 0 heterocycles. The Labute approximate surface area is 135 Å². The van der Waals surface area contributed by atoms with E-state index < -0.39 is 11.8 Å². The van der Waals surface area contributed by atoms with Crippen LogP contribution >= 0.6 is 0 Å². The minimum absolute atomic E-state index is 0.619. The standard InChI is InChI=1S/C18H19N3O2/c1-12-8-6-10-16(14(12)3)20-17(22)18(23)21-19-11-15-9-5-4-7-13(15)2/h4-11H,1-3H3,(H,20,22)(H,21,23)/b19-11-. The van der Waals surface area contributed by atoms with Gasteiger partial charge in [0.15, 0.2) is 0 Å². The van der Waals surface area contributed by atoms with Crippen LogP contribution in [-0.2, 0) is 9.59 Å². The minimum atomic E-state index is -0.809. The molecule has 2 aromatic carbocycles.